The molecule has 2 rings (SSSR count). The second kappa shape index (κ2) is 2.69. The fraction of sp³-hybridized carbons (Fsp3) is 0.375. The lowest BCUT2D eigenvalue weighted by atomic mass is 10.4. The van der Waals surface area contributed by atoms with Gasteiger partial charge in [0.25, 0.3) is 0 Å². The van der Waals surface area contributed by atoms with E-state index < -0.39 is 0 Å². The summed E-state index contributed by atoms with van der Waals surface area (Å²) in [4.78, 5) is 18.1. The van der Waals surface area contributed by atoms with Gasteiger partial charge in [-0.25, -0.2) is 9.78 Å². The minimum atomic E-state index is -0.243. The Balaban J connectivity index is 2.88. The molecule has 0 saturated carbocycles. The summed E-state index contributed by atoms with van der Waals surface area (Å²) in [6, 6.07) is 0. The van der Waals surface area contributed by atoms with Gasteiger partial charge in [-0.2, -0.15) is 4.52 Å². The molecule has 1 N–H and O–H groups in total. The number of H-pyrrole nitrogens is 1. The fourth-order valence-electron chi connectivity index (χ4n) is 1.20. The average molecular weight is 178 g/mol. The molecule has 0 bridgehead atoms. The van der Waals surface area contributed by atoms with Crippen molar-refractivity contribution in [3.05, 3.63) is 28.1 Å². The van der Waals surface area contributed by atoms with Crippen molar-refractivity contribution < 1.29 is 0 Å². The van der Waals surface area contributed by atoms with Crippen LogP contribution in [0, 0.1) is 6.92 Å². The Morgan fingerprint density at radius 2 is 2.38 bits per heavy atom. The summed E-state index contributed by atoms with van der Waals surface area (Å²) in [5, 5.41) is 4.05. The minimum absolute atomic E-state index is 0.243. The SMILES string of the molecule is CCc1nc2c(C)c[nH]c(=O)n2n1. The quantitative estimate of drug-likeness (QED) is 0.682. The van der Waals surface area contributed by atoms with Crippen molar-refractivity contribution in [1.82, 2.24) is 19.6 Å². The number of rotatable bonds is 1. The van der Waals surface area contributed by atoms with Crippen LogP contribution in [0.2, 0.25) is 0 Å². The van der Waals surface area contributed by atoms with Gasteiger partial charge in [-0.3, -0.25) is 0 Å². The van der Waals surface area contributed by atoms with Gasteiger partial charge in [0.05, 0.1) is 0 Å². The molecule has 0 aliphatic carbocycles. The Labute approximate surface area is 74.4 Å². The minimum Gasteiger partial charge on any atom is -0.312 e. The van der Waals surface area contributed by atoms with Crippen molar-refractivity contribution in [3.63, 3.8) is 0 Å². The molecule has 0 saturated heterocycles. The summed E-state index contributed by atoms with van der Waals surface area (Å²) in [7, 11) is 0. The molecule has 0 aliphatic rings. The van der Waals surface area contributed by atoms with Crippen LogP contribution in [0.25, 0.3) is 5.65 Å². The maximum atomic E-state index is 11.3. The molecule has 0 amide bonds. The van der Waals surface area contributed by atoms with Crippen molar-refractivity contribution in [3.8, 4) is 0 Å². The lowest BCUT2D eigenvalue weighted by Gasteiger charge is -1.91. The van der Waals surface area contributed by atoms with Crippen LogP contribution in [0.15, 0.2) is 11.0 Å². The van der Waals surface area contributed by atoms with E-state index in [1.165, 1.54) is 4.52 Å². The maximum Gasteiger partial charge on any atom is 0.348 e. The molecule has 0 unspecified atom stereocenters. The fourth-order valence-corrected chi connectivity index (χ4v) is 1.20. The highest BCUT2D eigenvalue weighted by molar-refractivity contribution is 5.43. The number of aromatic nitrogens is 4. The van der Waals surface area contributed by atoms with E-state index in [2.05, 4.69) is 15.1 Å². The Bertz CT molecular complexity index is 496. The third-order valence-electron chi connectivity index (χ3n) is 1.92. The molecule has 0 aromatic carbocycles. The zero-order valence-corrected chi connectivity index (χ0v) is 7.53. The number of nitrogens with one attached hydrogen (secondary N) is 1. The molecular formula is C8H10N4O. The molecule has 2 aromatic rings. The number of aryl methyl sites for hydroxylation is 2. The van der Waals surface area contributed by atoms with E-state index in [0.29, 0.717) is 11.5 Å². The van der Waals surface area contributed by atoms with Crippen LogP contribution >= 0.6 is 0 Å². The highest BCUT2D eigenvalue weighted by Crippen LogP contribution is 2.02. The van der Waals surface area contributed by atoms with Gasteiger partial charge in [0.15, 0.2) is 11.5 Å². The number of hydrogen-bond acceptors (Lipinski definition) is 3. The average Bonchev–Trinajstić information content (AvgIpc) is 2.56. The Morgan fingerprint density at radius 3 is 3.00 bits per heavy atom. The van der Waals surface area contributed by atoms with E-state index >= 15 is 0 Å². The van der Waals surface area contributed by atoms with Crippen LogP contribution in [-0.4, -0.2) is 19.6 Å². The van der Waals surface area contributed by atoms with Crippen molar-refractivity contribution in [2.75, 3.05) is 0 Å². The summed E-state index contributed by atoms with van der Waals surface area (Å²) in [5.41, 5.74) is 1.32. The van der Waals surface area contributed by atoms with Crippen molar-refractivity contribution >= 4 is 5.65 Å². The van der Waals surface area contributed by atoms with Crippen LogP contribution in [0.1, 0.15) is 18.3 Å². The van der Waals surface area contributed by atoms with E-state index in [1.54, 1.807) is 6.20 Å². The highest BCUT2D eigenvalue weighted by atomic mass is 16.1. The van der Waals surface area contributed by atoms with Gasteiger partial charge in [0, 0.05) is 18.2 Å². The zero-order valence-electron chi connectivity index (χ0n) is 7.53. The number of nitrogens with zero attached hydrogens (tertiary/aromatic N) is 3. The number of hydrogen-bond donors (Lipinski definition) is 1. The normalized spacial score (nSPS) is 10.9. The van der Waals surface area contributed by atoms with Crippen LogP contribution in [-0.2, 0) is 6.42 Å². The molecule has 2 aromatic heterocycles. The van der Waals surface area contributed by atoms with Gasteiger partial charge in [-0.15, -0.1) is 5.10 Å². The lowest BCUT2D eigenvalue weighted by molar-refractivity contribution is 0.827. The summed E-state index contributed by atoms with van der Waals surface area (Å²) < 4.78 is 1.30. The molecule has 0 radical (unpaired) electrons. The first-order chi connectivity index (χ1) is 6.22. The molecule has 0 atom stereocenters. The second-order valence-corrected chi connectivity index (χ2v) is 2.89. The van der Waals surface area contributed by atoms with Crippen LogP contribution in [0.4, 0.5) is 0 Å². The highest BCUT2D eigenvalue weighted by Gasteiger charge is 2.05. The molecule has 5 heteroatoms. The molecule has 2 heterocycles. The van der Waals surface area contributed by atoms with E-state index in [9.17, 15) is 4.79 Å². The Kier molecular flexibility index (Phi) is 1.65. The largest absolute Gasteiger partial charge is 0.348 e. The summed E-state index contributed by atoms with van der Waals surface area (Å²) in [5.74, 6) is 0.694. The Morgan fingerprint density at radius 1 is 1.62 bits per heavy atom. The zero-order chi connectivity index (χ0) is 9.42. The third kappa shape index (κ3) is 1.12. The molecular weight excluding hydrogens is 168 g/mol. The van der Waals surface area contributed by atoms with Crippen LogP contribution in [0.3, 0.4) is 0 Å². The standard InChI is InChI=1S/C8H10N4O/c1-3-6-10-7-5(2)4-9-8(13)12(7)11-6/h4H,3H2,1-2H3,(H,9,13). The molecule has 5 nitrogen and oxygen atoms in total. The van der Waals surface area contributed by atoms with Gasteiger partial charge in [-0.05, 0) is 6.92 Å². The monoisotopic (exact) mass is 178 g/mol. The smallest absolute Gasteiger partial charge is 0.312 e. The maximum absolute atomic E-state index is 11.3. The van der Waals surface area contributed by atoms with E-state index in [1.807, 2.05) is 13.8 Å². The van der Waals surface area contributed by atoms with E-state index in [-0.39, 0.29) is 5.69 Å². The summed E-state index contributed by atoms with van der Waals surface area (Å²) in [6.07, 6.45) is 2.38. The van der Waals surface area contributed by atoms with Crippen molar-refractivity contribution in [2.45, 2.75) is 20.3 Å². The topological polar surface area (TPSA) is 63.0 Å². The predicted octanol–water partition coefficient (Wildman–Crippen LogP) is 0.288. The Hall–Kier alpha value is -1.65. The van der Waals surface area contributed by atoms with Crippen molar-refractivity contribution in [1.29, 1.82) is 0 Å². The molecule has 13 heavy (non-hydrogen) atoms. The molecule has 68 valence electrons. The second-order valence-electron chi connectivity index (χ2n) is 2.89. The summed E-state index contributed by atoms with van der Waals surface area (Å²) in [6.45, 7) is 3.84. The first kappa shape index (κ1) is 7.97. The summed E-state index contributed by atoms with van der Waals surface area (Å²) >= 11 is 0. The van der Waals surface area contributed by atoms with Gasteiger partial charge in [0.1, 0.15) is 0 Å². The molecule has 0 fully saturated rings. The van der Waals surface area contributed by atoms with Crippen LogP contribution in [0.5, 0.6) is 0 Å². The molecule has 0 spiro atoms. The predicted molar refractivity (Wildman–Crippen MR) is 47.7 cm³/mol. The van der Waals surface area contributed by atoms with Gasteiger partial charge in [0.2, 0.25) is 0 Å². The third-order valence-corrected chi connectivity index (χ3v) is 1.92. The first-order valence-corrected chi connectivity index (χ1v) is 4.16. The molecule has 0 aliphatic heterocycles. The van der Waals surface area contributed by atoms with Crippen LogP contribution < -0.4 is 5.69 Å². The van der Waals surface area contributed by atoms with Gasteiger partial charge >= 0.3 is 5.69 Å². The lowest BCUT2D eigenvalue weighted by Crippen LogP contribution is -2.17. The van der Waals surface area contributed by atoms with Gasteiger partial charge in [-0.1, -0.05) is 6.92 Å². The van der Waals surface area contributed by atoms with Crippen molar-refractivity contribution in [2.24, 2.45) is 0 Å². The van der Waals surface area contributed by atoms with Gasteiger partial charge < -0.3 is 4.98 Å². The van der Waals surface area contributed by atoms with E-state index in [4.69, 9.17) is 0 Å². The number of fused-ring (bicyclic) bond motifs is 1. The number of aromatic amines is 1. The first-order valence-electron chi connectivity index (χ1n) is 4.16. The van der Waals surface area contributed by atoms with E-state index in [0.717, 1.165) is 12.0 Å².